The van der Waals surface area contributed by atoms with Gasteiger partial charge in [-0.1, -0.05) is 102 Å². The first-order valence-electron chi connectivity index (χ1n) is 14.4. The molecule has 0 saturated heterocycles. The molecule has 4 aromatic rings. The van der Waals surface area contributed by atoms with Crippen LogP contribution in [0.5, 0.6) is 0 Å². The van der Waals surface area contributed by atoms with E-state index < -0.39 is 28.5 Å². The number of sulfonamides is 1. The van der Waals surface area contributed by atoms with Crippen LogP contribution in [0.1, 0.15) is 31.4 Å². The quantitative estimate of drug-likeness (QED) is 0.159. The van der Waals surface area contributed by atoms with Crippen molar-refractivity contribution in [2.45, 2.75) is 50.2 Å². The minimum absolute atomic E-state index is 0.00572. The van der Waals surface area contributed by atoms with Crippen LogP contribution in [-0.2, 0) is 32.6 Å². The van der Waals surface area contributed by atoms with Crippen molar-refractivity contribution in [2.24, 2.45) is 0 Å². The Morgan fingerprint density at radius 2 is 1.42 bits per heavy atom. The van der Waals surface area contributed by atoms with Crippen molar-refractivity contribution in [3.8, 4) is 0 Å². The molecule has 11 heteroatoms. The average molecular weight is 687 g/mol. The SMILES string of the molecule is CC[C@@H](C)NC(=O)[C@H](Cc1ccccc1)N(Cc1c(Cl)cccc1Cl)C(=O)CN(c1cccc(Cl)c1)S(=O)(=O)c1ccccc1. The zero-order valence-corrected chi connectivity index (χ0v) is 28.0. The average Bonchev–Trinajstić information content (AvgIpc) is 3.03. The van der Waals surface area contributed by atoms with E-state index in [2.05, 4.69) is 5.32 Å². The van der Waals surface area contributed by atoms with Gasteiger partial charge in [0.15, 0.2) is 0 Å². The smallest absolute Gasteiger partial charge is 0.264 e. The zero-order chi connectivity index (χ0) is 32.6. The molecule has 45 heavy (non-hydrogen) atoms. The van der Waals surface area contributed by atoms with Crippen LogP contribution in [-0.4, -0.2) is 43.8 Å². The standard InChI is InChI=1S/C34H34Cl3N3O4S/c1-3-24(2)38-34(42)32(20-25-12-6-4-7-13-25)39(22-29-30(36)18-11-19-31(29)37)33(41)23-40(27-15-10-14-26(35)21-27)45(43,44)28-16-8-5-9-17-28/h4-19,21,24,32H,3,20,22-23H2,1-2H3,(H,38,42)/t24-,32+/m1/s1. The second-order valence-electron chi connectivity index (χ2n) is 10.5. The molecule has 0 aliphatic carbocycles. The number of nitrogens with one attached hydrogen (secondary N) is 1. The van der Waals surface area contributed by atoms with Gasteiger partial charge in [0.1, 0.15) is 12.6 Å². The fraction of sp³-hybridized carbons (Fsp3) is 0.235. The van der Waals surface area contributed by atoms with E-state index in [1.165, 1.54) is 23.1 Å². The van der Waals surface area contributed by atoms with E-state index in [1.807, 2.05) is 44.2 Å². The third-order valence-electron chi connectivity index (χ3n) is 7.37. The first-order chi connectivity index (χ1) is 21.5. The van der Waals surface area contributed by atoms with E-state index in [9.17, 15) is 18.0 Å². The number of halogens is 3. The highest BCUT2D eigenvalue weighted by Crippen LogP contribution is 2.30. The number of hydrogen-bond donors (Lipinski definition) is 1. The second-order valence-corrected chi connectivity index (χ2v) is 13.7. The molecule has 2 amide bonds. The summed E-state index contributed by atoms with van der Waals surface area (Å²) in [6, 6.07) is 27.2. The highest BCUT2D eigenvalue weighted by atomic mass is 35.5. The van der Waals surface area contributed by atoms with Crippen molar-refractivity contribution in [1.82, 2.24) is 10.2 Å². The lowest BCUT2D eigenvalue weighted by Gasteiger charge is -2.34. The Morgan fingerprint density at radius 3 is 2.02 bits per heavy atom. The fourth-order valence-corrected chi connectivity index (χ4v) is 6.86. The fourth-order valence-electron chi connectivity index (χ4n) is 4.73. The summed E-state index contributed by atoms with van der Waals surface area (Å²) in [4.78, 5) is 29.8. The Hall–Kier alpha value is -3.56. The molecule has 0 bridgehead atoms. The van der Waals surface area contributed by atoms with Gasteiger partial charge in [0, 0.05) is 39.6 Å². The van der Waals surface area contributed by atoms with Gasteiger partial charge in [-0.2, -0.15) is 0 Å². The highest BCUT2D eigenvalue weighted by Gasteiger charge is 2.35. The summed E-state index contributed by atoms with van der Waals surface area (Å²) in [5.41, 5.74) is 1.44. The van der Waals surface area contributed by atoms with Crippen LogP contribution in [0, 0.1) is 0 Å². The molecule has 0 heterocycles. The maximum atomic E-state index is 14.5. The van der Waals surface area contributed by atoms with Gasteiger partial charge in [-0.3, -0.25) is 13.9 Å². The summed E-state index contributed by atoms with van der Waals surface area (Å²) in [5.74, 6) is -1.02. The molecule has 0 aliphatic rings. The lowest BCUT2D eigenvalue weighted by Crippen LogP contribution is -2.54. The normalized spacial score (nSPS) is 12.6. The van der Waals surface area contributed by atoms with E-state index in [-0.39, 0.29) is 35.5 Å². The van der Waals surface area contributed by atoms with Crippen LogP contribution in [0.4, 0.5) is 5.69 Å². The Morgan fingerprint density at radius 1 is 0.822 bits per heavy atom. The maximum Gasteiger partial charge on any atom is 0.264 e. The molecule has 7 nitrogen and oxygen atoms in total. The molecular weight excluding hydrogens is 653 g/mol. The Bertz CT molecular complexity index is 1700. The maximum absolute atomic E-state index is 14.5. The molecule has 1 N–H and O–H groups in total. The van der Waals surface area contributed by atoms with Crippen LogP contribution < -0.4 is 9.62 Å². The topological polar surface area (TPSA) is 86.8 Å². The summed E-state index contributed by atoms with van der Waals surface area (Å²) in [5, 5.41) is 3.91. The minimum atomic E-state index is -4.24. The Balaban J connectivity index is 1.84. The number of rotatable bonds is 13. The predicted molar refractivity (Wildman–Crippen MR) is 181 cm³/mol. The third-order valence-corrected chi connectivity index (χ3v) is 10.1. The number of amides is 2. The molecule has 0 fully saturated rings. The lowest BCUT2D eigenvalue weighted by molar-refractivity contribution is -0.140. The molecule has 0 spiro atoms. The number of anilines is 1. The van der Waals surface area contributed by atoms with Crippen LogP contribution in [0.15, 0.2) is 108 Å². The van der Waals surface area contributed by atoms with Crippen molar-refractivity contribution >= 4 is 62.3 Å². The second kappa shape index (κ2) is 15.6. The monoisotopic (exact) mass is 685 g/mol. The first-order valence-corrected chi connectivity index (χ1v) is 17.0. The van der Waals surface area contributed by atoms with Crippen LogP contribution in [0.25, 0.3) is 0 Å². The molecule has 0 saturated carbocycles. The van der Waals surface area contributed by atoms with Gasteiger partial charge in [-0.05, 0) is 61.4 Å². The Labute approximate surface area is 279 Å². The van der Waals surface area contributed by atoms with Crippen molar-refractivity contribution in [2.75, 3.05) is 10.8 Å². The summed E-state index contributed by atoms with van der Waals surface area (Å²) >= 11 is 19.4. The van der Waals surface area contributed by atoms with E-state index in [1.54, 1.807) is 54.6 Å². The summed E-state index contributed by atoms with van der Waals surface area (Å²) < 4.78 is 29.1. The molecule has 0 radical (unpaired) electrons. The number of benzene rings is 4. The van der Waals surface area contributed by atoms with Gasteiger partial charge >= 0.3 is 0 Å². The van der Waals surface area contributed by atoms with Gasteiger partial charge in [-0.25, -0.2) is 8.42 Å². The molecule has 0 aliphatic heterocycles. The molecule has 2 atom stereocenters. The molecule has 236 valence electrons. The number of carbonyl (C=O) groups excluding carboxylic acids is 2. The van der Waals surface area contributed by atoms with Gasteiger partial charge < -0.3 is 10.2 Å². The number of carbonyl (C=O) groups is 2. The van der Waals surface area contributed by atoms with E-state index in [4.69, 9.17) is 34.8 Å². The van der Waals surface area contributed by atoms with Crippen molar-refractivity contribution in [1.29, 1.82) is 0 Å². The van der Waals surface area contributed by atoms with E-state index >= 15 is 0 Å². The highest BCUT2D eigenvalue weighted by molar-refractivity contribution is 7.92. The number of nitrogens with zero attached hydrogens (tertiary/aromatic N) is 2. The summed E-state index contributed by atoms with van der Waals surface area (Å²) in [7, 11) is -4.24. The Kier molecular flexibility index (Phi) is 11.9. The lowest BCUT2D eigenvalue weighted by atomic mass is 10.0. The van der Waals surface area contributed by atoms with Crippen molar-refractivity contribution in [3.05, 3.63) is 129 Å². The minimum Gasteiger partial charge on any atom is -0.352 e. The van der Waals surface area contributed by atoms with Crippen LogP contribution in [0.3, 0.4) is 0 Å². The van der Waals surface area contributed by atoms with Crippen molar-refractivity contribution < 1.29 is 18.0 Å². The molecule has 0 unspecified atom stereocenters. The van der Waals surface area contributed by atoms with E-state index in [0.717, 1.165) is 9.87 Å². The molecule has 4 rings (SSSR count). The zero-order valence-electron chi connectivity index (χ0n) is 24.9. The molecule has 4 aromatic carbocycles. The number of hydrogen-bond acceptors (Lipinski definition) is 4. The van der Waals surface area contributed by atoms with Gasteiger partial charge in [0.2, 0.25) is 11.8 Å². The predicted octanol–water partition coefficient (Wildman–Crippen LogP) is 7.40. The van der Waals surface area contributed by atoms with Gasteiger partial charge in [0.25, 0.3) is 10.0 Å². The van der Waals surface area contributed by atoms with E-state index in [0.29, 0.717) is 27.1 Å². The molecular formula is C34H34Cl3N3O4S. The van der Waals surface area contributed by atoms with Crippen molar-refractivity contribution in [3.63, 3.8) is 0 Å². The summed E-state index contributed by atoms with van der Waals surface area (Å²) in [6.07, 6.45) is 0.839. The van der Waals surface area contributed by atoms with Crippen LogP contribution >= 0.6 is 34.8 Å². The largest absolute Gasteiger partial charge is 0.352 e. The first kappa shape index (κ1) is 34.3. The van der Waals surface area contributed by atoms with Gasteiger partial charge in [0.05, 0.1) is 10.6 Å². The third kappa shape index (κ3) is 8.79. The summed E-state index contributed by atoms with van der Waals surface area (Å²) in [6.45, 7) is 3.06. The van der Waals surface area contributed by atoms with Gasteiger partial charge in [-0.15, -0.1) is 0 Å². The van der Waals surface area contributed by atoms with Crippen LogP contribution in [0.2, 0.25) is 15.1 Å². The molecule has 0 aromatic heterocycles.